The zero-order valence-electron chi connectivity index (χ0n) is 30.6. The normalized spacial score (nSPS) is 15.2. The second-order valence-corrected chi connectivity index (χ2v) is 15.1. The zero-order valence-corrected chi connectivity index (χ0v) is 30.6. The molecule has 0 unspecified atom stereocenters. The molecule has 11 heteroatoms. The Morgan fingerprint density at radius 1 is 0.915 bits per heavy atom. The molecule has 1 rings (SSSR count). The van der Waals surface area contributed by atoms with Gasteiger partial charge in [0.1, 0.15) is 17.7 Å². The van der Waals surface area contributed by atoms with Gasteiger partial charge in [0.2, 0.25) is 17.7 Å². The van der Waals surface area contributed by atoms with Crippen LogP contribution in [0, 0.1) is 11.3 Å². The average Bonchev–Trinajstić information content (AvgIpc) is 2.94. The lowest BCUT2D eigenvalue weighted by Crippen LogP contribution is -2.61. The molecule has 0 saturated heterocycles. The highest BCUT2D eigenvalue weighted by Gasteiger charge is 2.41. The standard InChI is InChI=1S/C36H58N4O7/c1-22(2)26(21-23(3)30(42)38-25(33(45)46)19-20-27(41)47-35(7,8)9)40(13)32(44)29(34(4,5)6)39-31(43)28(37-12)36(10,11)24-17-15-14-16-18-24/h14-18,21-22,25-26,28-29,37H,19-20H2,1-13H3,(H,38,42)(H,39,43)(H,45,46)/b23-21+/t25-,26-,28-,29-/m1/s1. The van der Waals surface area contributed by atoms with Crippen molar-refractivity contribution in [3.8, 4) is 0 Å². The molecule has 1 aromatic rings. The number of rotatable bonds is 15. The number of benzene rings is 1. The van der Waals surface area contributed by atoms with Crippen molar-refractivity contribution in [1.82, 2.24) is 20.9 Å². The number of carboxylic acids is 1. The summed E-state index contributed by atoms with van der Waals surface area (Å²) in [6.07, 6.45) is 1.30. The van der Waals surface area contributed by atoms with Crippen LogP contribution in [0.25, 0.3) is 0 Å². The summed E-state index contributed by atoms with van der Waals surface area (Å²) < 4.78 is 5.25. The van der Waals surface area contributed by atoms with E-state index in [1.54, 1.807) is 47.9 Å². The molecule has 0 fully saturated rings. The van der Waals surface area contributed by atoms with E-state index in [4.69, 9.17) is 4.74 Å². The van der Waals surface area contributed by atoms with E-state index in [1.807, 2.05) is 78.8 Å². The molecular formula is C36H58N4O7. The molecule has 1 aromatic carbocycles. The van der Waals surface area contributed by atoms with Crippen LogP contribution < -0.4 is 16.0 Å². The second-order valence-electron chi connectivity index (χ2n) is 15.1. The monoisotopic (exact) mass is 658 g/mol. The number of amides is 3. The van der Waals surface area contributed by atoms with Crippen molar-refractivity contribution in [3.05, 3.63) is 47.5 Å². The maximum atomic E-state index is 14.1. The van der Waals surface area contributed by atoms with E-state index >= 15 is 0 Å². The predicted octanol–water partition coefficient (Wildman–Crippen LogP) is 4.20. The maximum absolute atomic E-state index is 14.1. The first-order valence-electron chi connectivity index (χ1n) is 16.2. The van der Waals surface area contributed by atoms with Gasteiger partial charge in [0.05, 0.1) is 12.1 Å². The molecule has 11 nitrogen and oxygen atoms in total. The van der Waals surface area contributed by atoms with Gasteiger partial charge in [-0.2, -0.15) is 0 Å². The molecule has 0 saturated carbocycles. The lowest BCUT2D eigenvalue weighted by molar-refractivity contribution is -0.155. The number of carbonyl (C=O) groups excluding carboxylic acids is 4. The number of esters is 1. The molecule has 0 radical (unpaired) electrons. The summed E-state index contributed by atoms with van der Waals surface area (Å²) in [5.41, 5.74) is -0.777. The van der Waals surface area contributed by atoms with Crippen LogP contribution >= 0.6 is 0 Å². The summed E-state index contributed by atoms with van der Waals surface area (Å²) in [4.78, 5) is 66.5. The minimum Gasteiger partial charge on any atom is -0.480 e. The number of ether oxygens (including phenoxy) is 1. The van der Waals surface area contributed by atoms with Crippen LogP contribution in [0.3, 0.4) is 0 Å². The number of likely N-dealkylation sites (N-methyl/N-ethyl adjacent to an activating group) is 2. The topological polar surface area (TPSA) is 154 Å². The van der Waals surface area contributed by atoms with E-state index in [-0.39, 0.29) is 36.1 Å². The molecule has 264 valence electrons. The fourth-order valence-corrected chi connectivity index (χ4v) is 5.35. The lowest BCUT2D eigenvalue weighted by Gasteiger charge is -2.40. The van der Waals surface area contributed by atoms with Crippen LogP contribution in [0.1, 0.15) is 94.6 Å². The van der Waals surface area contributed by atoms with Gasteiger partial charge in [-0.25, -0.2) is 4.79 Å². The van der Waals surface area contributed by atoms with Gasteiger partial charge in [0.15, 0.2) is 0 Å². The van der Waals surface area contributed by atoms with Gasteiger partial charge in [0.25, 0.3) is 0 Å². The fourth-order valence-electron chi connectivity index (χ4n) is 5.35. The van der Waals surface area contributed by atoms with Gasteiger partial charge in [0, 0.05) is 24.5 Å². The van der Waals surface area contributed by atoms with Crippen molar-refractivity contribution in [2.45, 2.75) is 124 Å². The number of nitrogens with zero attached hydrogens (tertiary/aromatic N) is 1. The van der Waals surface area contributed by atoms with E-state index in [0.717, 1.165) is 5.56 Å². The Bertz CT molecular complexity index is 1280. The van der Waals surface area contributed by atoms with Crippen molar-refractivity contribution >= 4 is 29.7 Å². The summed E-state index contributed by atoms with van der Waals surface area (Å²) >= 11 is 0. The largest absolute Gasteiger partial charge is 0.480 e. The summed E-state index contributed by atoms with van der Waals surface area (Å²) in [7, 11) is 3.35. The third kappa shape index (κ3) is 12.4. The number of carbonyl (C=O) groups is 5. The van der Waals surface area contributed by atoms with Gasteiger partial charge in [-0.3, -0.25) is 19.2 Å². The Kier molecular flexibility index (Phi) is 14.8. The van der Waals surface area contributed by atoms with E-state index in [0.29, 0.717) is 0 Å². The fraction of sp³-hybridized carbons (Fsp3) is 0.639. The Hall–Kier alpha value is -3.73. The molecular weight excluding hydrogens is 600 g/mol. The maximum Gasteiger partial charge on any atom is 0.326 e. The Morgan fingerprint density at radius 3 is 1.91 bits per heavy atom. The van der Waals surface area contributed by atoms with Crippen LogP contribution in [0.15, 0.2) is 42.0 Å². The van der Waals surface area contributed by atoms with Crippen molar-refractivity contribution < 1.29 is 33.8 Å². The molecule has 0 aliphatic carbocycles. The Morgan fingerprint density at radius 2 is 1.47 bits per heavy atom. The third-order valence-electron chi connectivity index (χ3n) is 8.11. The Labute approximate surface area is 281 Å². The number of aliphatic carboxylic acids is 1. The predicted molar refractivity (Wildman–Crippen MR) is 183 cm³/mol. The van der Waals surface area contributed by atoms with E-state index < -0.39 is 58.4 Å². The molecule has 0 spiro atoms. The van der Waals surface area contributed by atoms with Gasteiger partial charge in [-0.05, 0) is 58.1 Å². The second kappa shape index (κ2) is 16.9. The average molecular weight is 659 g/mol. The third-order valence-corrected chi connectivity index (χ3v) is 8.11. The molecule has 0 aromatic heterocycles. The number of carboxylic acid groups (broad SMARTS) is 1. The number of hydrogen-bond acceptors (Lipinski definition) is 7. The van der Waals surface area contributed by atoms with Gasteiger partial charge in [-0.15, -0.1) is 0 Å². The highest BCUT2D eigenvalue weighted by Crippen LogP contribution is 2.29. The first-order valence-corrected chi connectivity index (χ1v) is 16.2. The molecule has 0 aliphatic rings. The van der Waals surface area contributed by atoms with E-state index in [1.165, 1.54) is 4.90 Å². The molecule has 0 bridgehead atoms. The van der Waals surface area contributed by atoms with Crippen molar-refractivity contribution in [1.29, 1.82) is 0 Å². The summed E-state index contributed by atoms with van der Waals surface area (Å²) in [6.45, 7) is 20.1. The highest BCUT2D eigenvalue weighted by molar-refractivity contribution is 5.96. The van der Waals surface area contributed by atoms with Crippen molar-refractivity contribution in [2.75, 3.05) is 14.1 Å². The van der Waals surface area contributed by atoms with Gasteiger partial charge >= 0.3 is 11.9 Å². The smallest absolute Gasteiger partial charge is 0.326 e. The van der Waals surface area contributed by atoms with Crippen molar-refractivity contribution in [2.24, 2.45) is 11.3 Å². The van der Waals surface area contributed by atoms with Crippen molar-refractivity contribution in [3.63, 3.8) is 0 Å². The summed E-state index contributed by atoms with van der Waals surface area (Å²) in [5, 5.41) is 18.3. The quantitative estimate of drug-likeness (QED) is 0.162. The zero-order chi connectivity index (χ0) is 36.5. The van der Waals surface area contributed by atoms with E-state index in [2.05, 4.69) is 16.0 Å². The minimum absolute atomic E-state index is 0.132. The molecule has 47 heavy (non-hydrogen) atoms. The van der Waals surface area contributed by atoms with Crippen LogP contribution in [-0.2, 0) is 34.1 Å². The van der Waals surface area contributed by atoms with Gasteiger partial charge in [-0.1, -0.05) is 84.9 Å². The molecule has 0 heterocycles. The number of hydrogen-bond donors (Lipinski definition) is 4. The van der Waals surface area contributed by atoms with E-state index in [9.17, 15) is 29.1 Å². The molecule has 0 aliphatic heterocycles. The van der Waals surface area contributed by atoms with Crippen LogP contribution in [0.2, 0.25) is 0 Å². The van der Waals surface area contributed by atoms with Crippen LogP contribution in [0.4, 0.5) is 0 Å². The number of nitrogens with one attached hydrogen (secondary N) is 3. The lowest BCUT2D eigenvalue weighted by atomic mass is 9.76. The molecule has 4 atom stereocenters. The van der Waals surface area contributed by atoms with Crippen LogP contribution in [-0.4, -0.2) is 83.5 Å². The first kappa shape index (κ1) is 41.3. The first-order chi connectivity index (χ1) is 21.4. The summed E-state index contributed by atoms with van der Waals surface area (Å²) in [6, 6.07) is 6.30. The molecule has 3 amide bonds. The van der Waals surface area contributed by atoms with Gasteiger partial charge < -0.3 is 30.7 Å². The Balaban J connectivity index is 3.22. The SMILES string of the molecule is CN[C@H](C(=O)N[C@H](C(=O)N(C)[C@H](/C=C(\C)C(=O)N[C@H](CCC(=O)OC(C)(C)C)C(=O)O)C(C)C)C(C)(C)C)C(C)(C)c1ccccc1. The minimum atomic E-state index is -1.31. The molecule has 4 N–H and O–H groups in total. The summed E-state index contributed by atoms with van der Waals surface area (Å²) in [5.74, 6) is -3.25. The van der Waals surface area contributed by atoms with Crippen LogP contribution in [0.5, 0.6) is 0 Å². The highest BCUT2D eigenvalue weighted by atomic mass is 16.6.